The molecule has 0 radical (unpaired) electrons. The first-order chi connectivity index (χ1) is 12.5. The van der Waals surface area contributed by atoms with E-state index in [9.17, 15) is 4.79 Å². The van der Waals surface area contributed by atoms with Gasteiger partial charge in [0.05, 0.1) is 17.5 Å². The molecule has 3 aromatic heterocycles. The Morgan fingerprint density at radius 1 is 1.27 bits per heavy atom. The predicted molar refractivity (Wildman–Crippen MR) is 98.4 cm³/mol. The Kier molecular flexibility index (Phi) is 4.10. The van der Waals surface area contributed by atoms with Crippen LogP contribution in [-0.4, -0.2) is 49.4 Å². The minimum Gasteiger partial charge on any atom is -0.354 e. The van der Waals surface area contributed by atoms with Crippen LogP contribution in [-0.2, 0) is 7.05 Å². The number of carbonyl (C=O) groups excluding carboxylic acids is 1. The van der Waals surface area contributed by atoms with E-state index in [1.807, 2.05) is 31.5 Å². The van der Waals surface area contributed by atoms with Gasteiger partial charge < -0.3 is 10.2 Å². The van der Waals surface area contributed by atoms with Crippen LogP contribution in [0, 0.1) is 13.8 Å². The summed E-state index contributed by atoms with van der Waals surface area (Å²) in [6, 6.07) is 4.14. The molecule has 1 aliphatic rings. The van der Waals surface area contributed by atoms with E-state index in [-0.39, 0.29) is 11.9 Å². The highest BCUT2D eigenvalue weighted by Crippen LogP contribution is 2.22. The van der Waals surface area contributed by atoms with E-state index in [1.165, 1.54) is 0 Å². The molecule has 4 rings (SSSR count). The zero-order chi connectivity index (χ0) is 18.3. The van der Waals surface area contributed by atoms with E-state index in [2.05, 4.69) is 31.5 Å². The Hall–Kier alpha value is -2.90. The van der Waals surface area contributed by atoms with E-state index in [1.54, 1.807) is 17.1 Å². The number of rotatable bonds is 3. The average Bonchev–Trinajstić information content (AvgIpc) is 3.19. The molecule has 4 heterocycles. The fraction of sp³-hybridized carbons (Fsp3) is 0.444. The highest BCUT2D eigenvalue weighted by atomic mass is 16.1. The number of nitrogens with one attached hydrogen (secondary N) is 1. The Labute approximate surface area is 151 Å². The number of hydrogen-bond acceptors (Lipinski definition) is 5. The Morgan fingerprint density at radius 3 is 2.88 bits per heavy atom. The third-order valence-electron chi connectivity index (χ3n) is 4.71. The van der Waals surface area contributed by atoms with Crippen LogP contribution in [0.3, 0.4) is 0 Å². The van der Waals surface area contributed by atoms with Crippen LogP contribution in [0.1, 0.15) is 34.6 Å². The molecule has 1 saturated heterocycles. The quantitative estimate of drug-likeness (QED) is 0.771. The summed E-state index contributed by atoms with van der Waals surface area (Å²) in [7, 11) is 1.81. The van der Waals surface area contributed by atoms with Crippen LogP contribution in [0.25, 0.3) is 5.65 Å². The minimum atomic E-state index is -0.0732. The van der Waals surface area contributed by atoms with Crippen molar-refractivity contribution in [3.05, 3.63) is 41.5 Å². The molecule has 8 nitrogen and oxygen atoms in total. The Bertz CT molecular complexity index is 958. The molecule has 136 valence electrons. The number of piperidine rings is 1. The number of aryl methyl sites for hydroxylation is 3. The summed E-state index contributed by atoms with van der Waals surface area (Å²) in [5, 5.41) is 11.8. The van der Waals surface area contributed by atoms with Crippen LogP contribution in [0.5, 0.6) is 0 Å². The second-order valence-corrected chi connectivity index (χ2v) is 6.97. The fourth-order valence-corrected chi connectivity index (χ4v) is 3.53. The molecule has 1 amide bonds. The third-order valence-corrected chi connectivity index (χ3v) is 4.71. The van der Waals surface area contributed by atoms with Crippen molar-refractivity contribution in [3.63, 3.8) is 0 Å². The number of hydrogen-bond donors (Lipinski definition) is 1. The number of amides is 1. The zero-order valence-corrected chi connectivity index (χ0v) is 15.3. The maximum Gasteiger partial charge on any atom is 0.254 e. The summed E-state index contributed by atoms with van der Waals surface area (Å²) < 4.78 is 3.53. The number of fused-ring (bicyclic) bond motifs is 1. The van der Waals surface area contributed by atoms with E-state index in [4.69, 9.17) is 0 Å². The zero-order valence-electron chi connectivity index (χ0n) is 15.3. The van der Waals surface area contributed by atoms with Gasteiger partial charge in [0.2, 0.25) is 0 Å². The highest BCUT2D eigenvalue weighted by molar-refractivity contribution is 5.93. The summed E-state index contributed by atoms with van der Waals surface area (Å²) in [4.78, 5) is 19.3. The molecule has 1 N–H and O–H groups in total. The van der Waals surface area contributed by atoms with Crippen LogP contribution in [0.15, 0.2) is 24.5 Å². The standard InChI is InChI=1S/C18H23N7O/c1-12-8-17(25-16(20-12)7-13(2)22-25)24-6-4-5-15(11-24)21-18(26)14-9-19-23(3)10-14/h7-10,15H,4-6,11H2,1-3H3,(H,21,26). The van der Waals surface area contributed by atoms with Crippen LogP contribution in [0.4, 0.5) is 5.82 Å². The van der Waals surface area contributed by atoms with Crippen LogP contribution in [0.2, 0.25) is 0 Å². The summed E-state index contributed by atoms with van der Waals surface area (Å²) in [5.74, 6) is 0.955. The molecule has 0 saturated carbocycles. The van der Waals surface area contributed by atoms with Crippen molar-refractivity contribution < 1.29 is 4.79 Å². The first-order valence-electron chi connectivity index (χ1n) is 8.88. The van der Waals surface area contributed by atoms with Gasteiger partial charge in [-0.3, -0.25) is 9.48 Å². The van der Waals surface area contributed by atoms with E-state index in [0.717, 1.165) is 48.8 Å². The summed E-state index contributed by atoms with van der Waals surface area (Å²) >= 11 is 0. The van der Waals surface area contributed by atoms with E-state index >= 15 is 0 Å². The van der Waals surface area contributed by atoms with Gasteiger partial charge >= 0.3 is 0 Å². The summed E-state index contributed by atoms with van der Waals surface area (Å²) in [5.41, 5.74) is 3.37. The van der Waals surface area contributed by atoms with Gasteiger partial charge in [0.25, 0.3) is 5.91 Å². The maximum atomic E-state index is 12.4. The fourth-order valence-electron chi connectivity index (χ4n) is 3.53. The number of nitrogens with zero attached hydrogens (tertiary/aromatic N) is 6. The molecule has 0 aromatic carbocycles. The summed E-state index contributed by atoms with van der Waals surface area (Å²) in [6.45, 7) is 5.67. The molecule has 0 spiro atoms. The van der Waals surface area contributed by atoms with Crippen molar-refractivity contribution in [3.8, 4) is 0 Å². The largest absolute Gasteiger partial charge is 0.354 e. The first kappa shape index (κ1) is 16.6. The molecule has 1 unspecified atom stereocenters. The van der Waals surface area contributed by atoms with Crippen molar-refractivity contribution in [2.75, 3.05) is 18.0 Å². The highest BCUT2D eigenvalue weighted by Gasteiger charge is 2.24. The van der Waals surface area contributed by atoms with Gasteiger partial charge in [-0.25, -0.2) is 4.98 Å². The molecule has 0 bridgehead atoms. The molecular weight excluding hydrogens is 330 g/mol. The number of aromatic nitrogens is 5. The molecule has 0 aliphatic carbocycles. The minimum absolute atomic E-state index is 0.0732. The monoisotopic (exact) mass is 353 g/mol. The lowest BCUT2D eigenvalue weighted by Gasteiger charge is -2.34. The average molecular weight is 353 g/mol. The molecule has 1 aliphatic heterocycles. The molecule has 8 heteroatoms. The second-order valence-electron chi connectivity index (χ2n) is 6.97. The molecule has 1 atom stereocenters. The lowest BCUT2D eigenvalue weighted by molar-refractivity contribution is 0.0933. The molecule has 3 aromatic rings. The third kappa shape index (κ3) is 3.14. The van der Waals surface area contributed by atoms with Gasteiger partial charge in [-0.2, -0.15) is 14.7 Å². The van der Waals surface area contributed by atoms with Crippen molar-refractivity contribution in [2.45, 2.75) is 32.7 Å². The van der Waals surface area contributed by atoms with Gasteiger partial charge in [-0.05, 0) is 26.7 Å². The van der Waals surface area contributed by atoms with E-state index < -0.39 is 0 Å². The van der Waals surface area contributed by atoms with Crippen molar-refractivity contribution >= 4 is 17.4 Å². The predicted octanol–water partition coefficient (Wildman–Crippen LogP) is 1.48. The molecular formula is C18H23N7O. The lowest BCUT2D eigenvalue weighted by atomic mass is 10.1. The van der Waals surface area contributed by atoms with Gasteiger partial charge in [0.1, 0.15) is 5.82 Å². The van der Waals surface area contributed by atoms with Crippen LogP contribution < -0.4 is 10.2 Å². The Balaban J connectivity index is 1.54. The lowest BCUT2D eigenvalue weighted by Crippen LogP contribution is -2.48. The number of anilines is 1. The smallest absolute Gasteiger partial charge is 0.254 e. The van der Waals surface area contributed by atoms with Crippen molar-refractivity contribution in [2.24, 2.45) is 7.05 Å². The van der Waals surface area contributed by atoms with Gasteiger partial charge in [-0.15, -0.1) is 0 Å². The summed E-state index contributed by atoms with van der Waals surface area (Å²) in [6.07, 6.45) is 5.31. The normalized spacial score (nSPS) is 17.7. The van der Waals surface area contributed by atoms with Gasteiger partial charge in [0.15, 0.2) is 5.65 Å². The van der Waals surface area contributed by atoms with Crippen LogP contribution >= 0.6 is 0 Å². The second kappa shape index (κ2) is 6.44. The van der Waals surface area contributed by atoms with Gasteiger partial charge in [0, 0.05) is 50.2 Å². The Morgan fingerprint density at radius 2 is 2.12 bits per heavy atom. The van der Waals surface area contributed by atoms with E-state index in [0.29, 0.717) is 5.56 Å². The SMILES string of the molecule is Cc1cc(N2CCCC(NC(=O)c3cnn(C)c3)C2)n2nc(C)cc2n1. The topological polar surface area (TPSA) is 80.4 Å². The van der Waals surface area contributed by atoms with Crippen molar-refractivity contribution in [1.82, 2.24) is 29.7 Å². The van der Waals surface area contributed by atoms with Crippen molar-refractivity contribution in [1.29, 1.82) is 0 Å². The van der Waals surface area contributed by atoms with Gasteiger partial charge in [-0.1, -0.05) is 0 Å². The first-order valence-corrected chi connectivity index (χ1v) is 8.88. The molecule has 1 fully saturated rings. The number of carbonyl (C=O) groups is 1. The molecule has 26 heavy (non-hydrogen) atoms. The maximum absolute atomic E-state index is 12.4.